The van der Waals surface area contributed by atoms with Crippen molar-refractivity contribution < 1.29 is 8.42 Å². The Morgan fingerprint density at radius 2 is 2.06 bits per heavy atom. The summed E-state index contributed by atoms with van der Waals surface area (Å²) in [5.74, 6) is 0.260. The van der Waals surface area contributed by atoms with Crippen LogP contribution in [0.4, 0.5) is 5.69 Å². The summed E-state index contributed by atoms with van der Waals surface area (Å²) in [6.45, 7) is 4.28. The molecular weight excluding hydrogens is 375 g/mol. The third kappa shape index (κ3) is 5.41. The summed E-state index contributed by atoms with van der Waals surface area (Å²) in [5.41, 5.74) is 0.520. The summed E-state index contributed by atoms with van der Waals surface area (Å²) in [6.07, 6.45) is 0. The Kier molecular flexibility index (Phi) is 5.49. The Bertz CT molecular complexity index is 491. The lowest BCUT2D eigenvalue weighted by Gasteiger charge is -2.12. The highest BCUT2D eigenvalue weighted by molar-refractivity contribution is 14.1. The van der Waals surface area contributed by atoms with E-state index in [1.165, 1.54) is 0 Å². The summed E-state index contributed by atoms with van der Waals surface area (Å²) >= 11 is 7.82. The first-order chi connectivity index (χ1) is 7.80. The van der Waals surface area contributed by atoms with Gasteiger partial charge in [-0.1, -0.05) is 25.4 Å². The van der Waals surface area contributed by atoms with E-state index in [4.69, 9.17) is 11.6 Å². The second kappa shape index (κ2) is 6.21. The second-order valence-electron chi connectivity index (χ2n) is 3.97. The van der Waals surface area contributed by atoms with Crippen LogP contribution in [0.25, 0.3) is 0 Å². The van der Waals surface area contributed by atoms with Crippen LogP contribution in [-0.4, -0.2) is 15.0 Å². The van der Waals surface area contributed by atoms with E-state index < -0.39 is 10.2 Å². The van der Waals surface area contributed by atoms with E-state index >= 15 is 0 Å². The van der Waals surface area contributed by atoms with Crippen molar-refractivity contribution in [1.82, 2.24) is 4.72 Å². The topological polar surface area (TPSA) is 58.2 Å². The first-order valence-corrected chi connectivity index (χ1v) is 7.96. The molecular formula is C10H14ClIN2O2S. The van der Waals surface area contributed by atoms with Crippen molar-refractivity contribution in [2.45, 2.75) is 13.8 Å². The molecule has 0 unspecified atom stereocenters. The first kappa shape index (κ1) is 15.0. The van der Waals surface area contributed by atoms with Crippen LogP contribution >= 0.6 is 34.2 Å². The zero-order valence-corrected chi connectivity index (χ0v) is 13.2. The molecule has 0 heterocycles. The maximum absolute atomic E-state index is 11.7. The molecule has 0 radical (unpaired) electrons. The van der Waals surface area contributed by atoms with E-state index in [2.05, 4.69) is 9.44 Å². The molecule has 1 aromatic carbocycles. The number of nitrogens with one attached hydrogen (secondary N) is 2. The Morgan fingerprint density at radius 3 is 2.59 bits per heavy atom. The van der Waals surface area contributed by atoms with Crippen molar-refractivity contribution in [2.75, 3.05) is 11.3 Å². The van der Waals surface area contributed by atoms with Crippen molar-refractivity contribution in [1.29, 1.82) is 0 Å². The molecule has 96 valence electrons. The summed E-state index contributed by atoms with van der Waals surface area (Å²) < 4.78 is 29.1. The first-order valence-electron chi connectivity index (χ1n) is 5.02. The molecule has 0 bridgehead atoms. The van der Waals surface area contributed by atoms with Crippen molar-refractivity contribution in [3.05, 3.63) is 26.8 Å². The quantitative estimate of drug-likeness (QED) is 0.762. The number of anilines is 1. The summed E-state index contributed by atoms with van der Waals surface area (Å²) in [4.78, 5) is 0. The summed E-state index contributed by atoms with van der Waals surface area (Å²) in [5, 5.41) is 0.576. The highest BCUT2D eigenvalue weighted by Gasteiger charge is 2.12. The van der Waals surface area contributed by atoms with Crippen molar-refractivity contribution in [2.24, 2.45) is 5.92 Å². The largest absolute Gasteiger partial charge is 0.299 e. The van der Waals surface area contributed by atoms with Gasteiger partial charge in [0.25, 0.3) is 10.2 Å². The molecule has 2 N–H and O–H groups in total. The van der Waals surface area contributed by atoms with Gasteiger partial charge in [0.05, 0.1) is 5.69 Å². The normalized spacial score (nSPS) is 11.8. The number of rotatable bonds is 5. The molecule has 0 aliphatic rings. The Morgan fingerprint density at radius 1 is 1.41 bits per heavy atom. The molecule has 0 saturated heterocycles. The third-order valence-corrected chi connectivity index (χ3v) is 4.02. The number of halogens is 2. The van der Waals surface area contributed by atoms with Gasteiger partial charge in [0.2, 0.25) is 0 Å². The van der Waals surface area contributed by atoms with Gasteiger partial charge in [0.15, 0.2) is 0 Å². The standard InChI is InChI=1S/C10H14ClIN2O2S/c1-7(2)6-13-17(15,16)14-10-4-3-8(11)5-9(10)12/h3-5,7,13-14H,6H2,1-2H3. The van der Waals surface area contributed by atoms with E-state index in [1.54, 1.807) is 18.2 Å². The minimum absolute atomic E-state index is 0.260. The molecule has 0 saturated carbocycles. The second-order valence-corrected chi connectivity index (χ2v) is 7.07. The zero-order chi connectivity index (χ0) is 13.1. The summed E-state index contributed by atoms with van der Waals surface area (Å²) in [7, 11) is -3.51. The Balaban J connectivity index is 2.76. The van der Waals surface area contributed by atoms with E-state index in [0.717, 1.165) is 3.57 Å². The highest BCUT2D eigenvalue weighted by atomic mass is 127. The van der Waals surface area contributed by atoms with Gasteiger partial charge in [-0.25, -0.2) is 0 Å². The van der Waals surface area contributed by atoms with Gasteiger partial charge in [0, 0.05) is 15.1 Å². The average Bonchev–Trinajstić information content (AvgIpc) is 2.20. The number of hydrogen-bond acceptors (Lipinski definition) is 2. The van der Waals surface area contributed by atoms with Crippen LogP contribution < -0.4 is 9.44 Å². The maximum Gasteiger partial charge on any atom is 0.299 e. The van der Waals surface area contributed by atoms with Gasteiger partial charge in [0.1, 0.15) is 0 Å². The maximum atomic E-state index is 11.7. The van der Waals surface area contributed by atoms with E-state index in [1.807, 2.05) is 36.4 Å². The molecule has 7 heteroatoms. The lowest BCUT2D eigenvalue weighted by molar-refractivity contribution is 0.565. The predicted molar refractivity (Wildman–Crippen MR) is 79.6 cm³/mol. The molecule has 0 aromatic heterocycles. The number of hydrogen-bond donors (Lipinski definition) is 2. The molecule has 0 spiro atoms. The van der Waals surface area contributed by atoms with Crippen LogP contribution in [0, 0.1) is 9.49 Å². The van der Waals surface area contributed by atoms with Crippen LogP contribution in [0.5, 0.6) is 0 Å². The molecule has 0 amide bonds. The van der Waals surface area contributed by atoms with Crippen LogP contribution in [0.3, 0.4) is 0 Å². The fourth-order valence-electron chi connectivity index (χ4n) is 1.03. The van der Waals surface area contributed by atoms with Crippen LogP contribution in [0.15, 0.2) is 18.2 Å². The van der Waals surface area contributed by atoms with E-state index in [-0.39, 0.29) is 5.92 Å². The van der Waals surface area contributed by atoms with Crippen molar-refractivity contribution in [3.63, 3.8) is 0 Å². The van der Waals surface area contributed by atoms with Crippen LogP contribution in [0.1, 0.15) is 13.8 Å². The molecule has 0 atom stereocenters. The lowest BCUT2D eigenvalue weighted by atomic mass is 10.2. The molecule has 1 aromatic rings. The SMILES string of the molecule is CC(C)CNS(=O)(=O)Nc1ccc(Cl)cc1I. The van der Waals surface area contributed by atoms with Gasteiger partial charge in [-0.3, -0.25) is 4.72 Å². The molecule has 1 rings (SSSR count). The van der Waals surface area contributed by atoms with Gasteiger partial charge >= 0.3 is 0 Å². The van der Waals surface area contributed by atoms with Gasteiger partial charge < -0.3 is 0 Å². The molecule has 0 fully saturated rings. The molecule has 0 aliphatic carbocycles. The van der Waals surface area contributed by atoms with Crippen molar-refractivity contribution in [3.8, 4) is 0 Å². The fraction of sp³-hybridized carbons (Fsp3) is 0.400. The Labute approximate surface area is 120 Å². The minimum atomic E-state index is -3.51. The Hall–Kier alpha value is -0.0500. The van der Waals surface area contributed by atoms with Gasteiger partial charge in [-0.2, -0.15) is 13.1 Å². The van der Waals surface area contributed by atoms with Gasteiger partial charge in [-0.05, 0) is 46.7 Å². The molecule has 4 nitrogen and oxygen atoms in total. The number of benzene rings is 1. The predicted octanol–water partition coefficient (Wildman–Crippen LogP) is 2.85. The van der Waals surface area contributed by atoms with Gasteiger partial charge in [-0.15, -0.1) is 0 Å². The fourth-order valence-corrected chi connectivity index (χ4v) is 3.31. The summed E-state index contributed by atoms with van der Waals surface area (Å²) in [6, 6.07) is 4.98. The lowest BCUT2D eigenvalue weighted by Crippen LogP contribution is -2.33. The van der Waals surface area contributed by atoms with Crippen molar-refractivity contribution >= 4 is 50.1 Å². The minimum Gasteiger partial charge on any atom is -0.270 e. The van der Waals surface area contributed by atoms with Crippen LogP contribution in [0.2, 0.25) is 5.02 Å². The monoisotopic (exact) mass is 388 g/mol. The molecule has 0 aliphatic heterocycles. The average molecular weight is 389 g/mol. The molecule has 17 heavy (non-hydrogen) atoms. The zero-order valence-electron chi connectivity index (χ0n) is 9.50. The highest BCUT2D eigenvalue weighted by Crippen LogP contribution is 2.22. The third-order valence-electron chi connectivity index (χ3n) is 1.86. The van der Waals surface area contributed by atoms with E-state index in [9.17, 15) is 8.42 Å². The van der Waals surface area contributed by atoms with Crippen LogP contribution in [-0.2, 0) is 10.2 Å². The van der Waals surface area contributed by atoms with E-state index in [0.29, 0.717) is 17.3 Å². The smallest absolute Gasteiger partial charge is 0.270 e.